The molecule has 1 aromatic carbocycles. The average molecular weight is 248 g/mol. The Labute approximate surface area is 108 Å². The highest BCUT2D eigenvalue weighted by molar-refractivity contribution is 6.00. The molecule has 1 aromatic rings. The monoisotopic (exact) mass is 248 g/mol. The number of amides is 1. The van der Waals surface area contributed by atoms with Crippen LogP contribution in [0.4, 0.5) is 5.69 Å². The fourth-order valence-corrected chi connectivity index (χ4v) is 2.18. The fraction of sp³-hybridized carbons (Fsp3) is 0.500. The van der Waals surface area contributed by atoms with Crippen LogP contribution in [0, 0.1) is 0 Å². The summed E-state index contributed by atoms with van der Waals surface area (Å²) in [7, 11) is 1.76. The smallest absolute Gasteiger partial charge is 0.269 e. The van der Waals surface area contributed by atoms with Gasteiger partial charge in [-0.15, -0.1) is 0 Å². The van der Waals surface area contributed by atoms with Gasteiger partial charge in [-0.05, 0) is 11.5 Å². The van der Waals surface area contributed by atoms with Gasteiger partial charge in [-0.3, -0.25) is 4.79 Å². The summed E-state index contributed by atoms with van der Waals surface area (Å²) in [6.07, 6.45) is -0.578. The van der Waals surface area contributed by atoms with Crippen LogP contribution in [0.15, 0.2) is 18.2 Å². The molecule has 4 nitrogen and oxygen atoms in total. The normalized spacial score (nSPS) is 19.5. The Bertz CT molecular complexity index is 477. The first-order valence-electron chi connectivity index (χ1n) is 6.14. The molecule has 2 N–H and O–H groups in total. The lowest BCUT2D eigenvalue weighted by Crippen LogP contribution is -2.48. The summed E-state index contributed by atoms with van der Waals surface area (Å²) in [6.45, 7) is 6.57. The van der Waals surface area contributed by atoms with E-state index in [2.05, 4.69) is 20.8 Å². The predicted octanol–water partition coefficient (Wildman–Crippen LogP) is 1.67. The van der Waals surface area contributed by atoms with Crippen LogP contribution in [-0.4, -0.2) is 25.6 Å². The Hall–Kier alpha value is -1.55. The van der Waals surface area contributed by atoms with Gasteiger partial charge in [-0.1, -0.05) is 32.9 Å². The number of benzene rings is 1. The second-order valence-electron chi connectivity index (χ2n) is 5.64. The Balaban J connectivity index is 2.57. The topological polar surface area (TPSA) is 55.6 Å². The Kier molecular flexibility index (Phi) is 3.07. The lowest BCUT2D eigenvalue weighted by Gasteiger charge is -2.35. The van der Waals surface area contributed by atoms with Gasteiger partial charge in [0.15, 0.2) is 6.10 Å². The van der Waals surface area contributed by atoms with E-state index in [0.29, 0.717) is 0 Å². The van der Waals surface area contributed by atoms with Crippen molar-refractivity contribution < 1.29 is 9.53 Å². The van der Waals surface area contributed by atoms with Crippen LogP contribution in [0.25, 0.3) is 0 Å². The number of para-hydroxylation sites is 1. The molecule has 0 aromatic heterocycles. The quantitative estimate of drug-likeness (QED) is 0.822. The van der Waals surface area contributed by atoms with Gasteiger partial charge in [0.1, 0.15) is 5.75 Å². The van der Waals surface area contributed by atoms with Crippen LogP contribution in [0.1, 0.15) is 26.3 Å². The number of hydrogen-bond acceptors (Lipinski definition) is 3. The molecule has 1 amide bonds. The number of hydrogen-bond donors (Lipinski definition) is 1. The van der Waals surface area contributed by atoms with Crippen molar-refractivity contribution in [1.82, 2.24) is 0 Å². The highest BCUT2D eigenvalue weighted by Gasteiger charge is 2.34. The lowest BCUT2D eigenvalue weighted by molar-refractivity contribution is -0.125. The number of anilines is 1. The van der Waals surface area contributed by atoms with Gasteiger partial charge in [0.2, 0.25) is 0 Å². The van der Waals surface area contributed by atoms with Crippen molar-refractivity contribution in [3.63, 3.8) is 0 Å². The van der Waals surface area contributed by atoms with Crippen molar-refractivity contribution in [2.75, 3.05) is 18.5 Å². The lowest BCUT2D eigenvalue weighted by atomic mass is 9.85. The maximum absolute atomic E-state index is 12.0. The number of nitrogens with two attached hydrogens (primary N) is 1. The maximum Gasteiger partial charge on any atom is 0.269 e. The molecule has 0 spiro atoms. The van der Waals surface area contributed by atoms with E-state index in [1.54, 1.807) is 11.9 Å². The van der Waals surface area contributed by atoms with Gasteiger partial charge >= 0.3 is 0 Å². The van der Waals surface area contributed by atoms with E-state index < -0.39 is 6.10 Å². The Morgan fingerprint density at radius 2 is 2.06 bits per heavy atom. The number of ether oxygens (including phenoxy) is 1. The molecule has 1 aliphatic rings. The minimum Gasteiger partial charge on any atom is -0.477 e. The van der Waals surface area contributed by atoms with Crippen LogP contribution in [0.3, 0.4) is 0 Å². The molecular weight excluding hydrogens is 228 g/mol. The molecule has 2 rings (SSSR count). The minimum absolute atomic E-state index is 0.0360. The van der Waals surface area contributed by atoms with Crippen molar-refractivity contribution in [3.8, 4) is 5.75 Å². The van der Waals surface area contributed by atoms with Crippen LogP contribution < -0.4 is 15.4 Å². The van der Waals surface area contributed by atoms with Crippen LogP contribution in [-0.2, 0) is 10.2 Å². The molecule has 1 heterocycles. The Morgan fingerprint density at radius 3 is 2.61 bits per heavy atom. The summed E-state index contributed by atoms with van der Waals surface area (Å²) < 4.78 is 5.81. The van der Waals surface area contributed by atoms with Gasteiger partial charge in [-0.2, -0.15) is 0 Å². The second-order valence-corrected chi connectivity index (χ2v) is 5.64. The molecule has 0 radical (unpaired) electrons. The molecule has 4 heteroatoms. The highest BCUT2D eigenvalue weighted by atomic mass is 16.5. The van der Waals surface area contributed by atoms with Crippen molar-refractivity contribution in [3.05, 3.63) is 23.8 Å². The first kappa shape index (κ1) is 12.9. The molecule has 98 valence electrons. The van der Waals surface area contributed by atoms with Gasteiger partial charge in [0.25, 0.3) is 5.91 Å². The minimum atomic E-state index is -0.578. The maximum atomic E-state index is 12.0. The van der Waals surface area contributed by atoms with Gasteiger partial charge in [0.05, 0.1) is 5.69 Å². The van der Waals surface area contributed by atoms with E-state index in [1.807, 2.05) is 18.2 Å². The molecule has 0 aliphatic carbocycles. The zero-order valence-corrected chi connectivity index (χ0v) is 11.4. The molecule has 0 fully saturated rings. The Morgan fingerprint density at radius 1 is 1.39 bits per heavy atom. The summed E-state index contributed by atoms with van der Waals surface area (Å²) in [5.41, 5.74) is 7.48. The molecule has 1 aliphatic heterocycles. The van der Waals surface area contributed by atoms with Gasteiger partial charge in [0, 0.05) is 19.2 Å². The van der Waals surface area contributed by atoms with E-state index in [9.17, 15) is 4.79 Å². The molecule has 1 atom stereocenters. The predicted molar refractivity (Wildman–Crippen MR) is 72.0 cm³/mol. The number of carbonyl (C=O) groups excluding carboxylic acids is 1. The first-order valence-corrected chi connectivity index (χ1v) is 6.14. The van der Waals surface area contributed by atoms with Crippen LogP contribution in [0.5, 0.6) is 5.75 Å². The summed E-state index contributed by atoms with van der Waals surface area (Å²) >= 11 is 0. The molecule has 18 heavy (non-hydrogen) atoms. The third-order valence-corrected chi connectivity index (χ3v) is 3.24. The standard InChI is InChI=1S/C14H20N2O2/c1-14(2,3)9-6-5-7-10-12(9)18-11(8-15)13(17)16(10)4/h5-7,11H,8,15H2,1-4H3. The van der Waals surface area contributed by atoms with Crippen LogP contribution >= 0.6 is 0 Å². The largest absolute Gasteiger partial charge is 0.477 e. The SMILES string of the molecule is CN1C(=O)C(CN)Oc2c1cccc2C(C)(C)C. The number of rotatable bonds is 1. The number of likely N-dealkylation sites (N-methyl/N-ethyl adjacent to an activating group) is 1. The van der Waals surface area contributed by atoms with Crippen molar-refractivity contribution in [2.45, 2.75) is 32.3 Å². The van der Waals surface area contributed by atoms with Crippen molar-refractivity contribution in [2.24, 2.45) is 5.73 Å². The van der Waals surface area contributed by atoms with E-state index in [4.69, 9.17) is 10.5 Å². The second kappa shape index (κ2) is 4.28. The van der Waals surface area contributed by atoms with Crippen molar-refractivity contribution in [1.29, 1.82) is 0 Å². The molecule has 0 saturated carbocycles. The zero-order valence-electron chi connectivity index (χ0n) is 11.4. The first-order chi connectivity index (χ1) is 8.36. The average Bonchev–Trinajstić information content (AvgIpc) is 2.31. The third kappa shape index (κ3) is 1.97. The van der Waals surface area contributed by atoms with E-state index in [0.717, 1.165) is 17.0 Å². The fourth-order valence-electron chi connectivity index (χ4n) is 2.18. The van der Waals surface area contributed by atoms with Gasteiger partial charge in [-0.25, -0.2) is 0 Å². The number of fused-ring (bicyclic) bond motifs is 1. The molecular formula is C14H20N2O2. The van der Waals surface area contributed by atoms with Crippen LogP contribution in [0.2, 0.25) is 0 Å². The van der Waals surface area contributed by atoms with E-state index >= 15 is 0 Å². The summed E-state index contributed by atoms with van der Waals surface area (Å²) in [5.74, 6) is 0.693. The molecule has 0 bridgehead atoms. The third-order valence-electron chi connectivity index (χ3n) is 3.24. The molecule has 1 unspecified atom stereocenters. The highest BCUT2D eigenvalue weighted by Crippen LogP contribution is 2.41. The van der Waals surface area contributed by atoms with Crippen molar-refractivity contribution >= 4 is 11.6 Å². The summed E-state index contributed by atoms with van der Waals surface area (Å²) in [6, 6.07) is 5.89. The van der Waals surface area contributed by atoms with E-state index in [1.165, 1.54) is 0 Å². The molecule has 0 saturated heterocycles. The summed E-state index contributed by atoms with van der Waals surface area (Å²) in [4.78, 5) is 13.6. The van der Waals surface area contributed by atoms with E-state index in [-0.39, 0.29) is 17.9 Å². The van der Waals surface area contributed by atoms with Gasteiger partial charge < -0.3 is 15.4 Å². The summed E-state index contributed by atoms with van der Waals surface area (Å²) in [5, 5.41) is 0. The number of carbonyl (C=O) groups is 1. The number of nitrogens with zero attached hydrogens (tertiary/aromatic N) is 1. The zero-order chi connectivity index (χ0) is 13.5.